The van der Waals surface area contributed by atoms with Gasteiger partial charge in [-0.25, -0.2) is 9.36 Å². The predicted octanol–water partition coefficient (Wildman–Crippen LogP) is 1.96. The maximum Gasteiger partial charge on any atom is 0.422 e. The number of rotatable bonds is 2. The van der Waals surface area contributed by atoms with Crippen molar-refractivity contribution < 1.29 is 9.52 Å². The molecule has 0 fully saturated rings. The van der Waals surface area contributed by atoms with E-state index in [4.69, 9.17) is 0 Å². The van der Waals surface area contributed by atoms with Gasteiger partial charge in [-0.1, -0.05) is 28.1 Å². The van der Waals surface area contributed by atoms with E-state index in [2.05, 4.69) is 20.3 Å². The minimum atomic E-state index is -0.560. The second-order valence-electron chi connectivity index (χ2n) is 3.07. The second kappa shape index (κ2) is 3.94. The van der Waals surface area contributed by atoms with Gasteiger partial charge in [-0.3, -0.25) is 0 Å². The highest BCUT2D eigenvalue weighted by atomic mass is 79.9. The van der Waals surface area contributed by atoms with Crippen LogP contribution in [-0.2, 0) is 6.54 Å². The zero-order valence-corrected chi connectivity index (χ0v) is 9.27. The van der Waals surface area contributed by atoms with Crippen LogP contribution in [0.5, 0.6) is 5.88 Å². The molecule has 1 heterocycles. The minimum Gasteiger partial charge on any atom is -0.492 e. The Balaban J connectivity index is 2.29. The molecule has 0 aliphatic heterocycles. The third-order valence-electron chi connectivity index (χ3n) is 2.02. The van der Waals surface area contributed by atoms with Gasteiger partial charge in [-0.15, -0.1) is 0 Å². The maximum atomic E-state index is 11.1. The lowest BCUT2D eigenvalue weighted by atomic mass is 10.2. The van der Waals surface area contributed by atoms with Crippen molar-refractivity contribution in [1.82, 2.24) is 4.57 Å². The molecule has 2 aromatic rings. The quantitative estimate of drug-likeness (QED) is 0.907. The van der Waals surface area contributed by atoms with Gasteiger partial charge in [0.1, 0.15) is 0 Å². The number of aromatic nitrogens is 1. The minimum absolute atomic E-state index is 0.164. The Kier molecular flexibility index (Phi) is 2.64. The van der Waals surface area contributed by atoms with E-state index in [1.165, 1.54) is 0 Å². The number of hydrogen-bond acceptors (Lipinski definition) is 3. The summed E-state index contributed by atoms with van der Waals surface area (Å²) in [7, 11) is 0. The van der Waals surface area contributed by atoms with E-state index in [-0.39, 0.29) is 5.88 Å². The van der Waals surface area contributed by atoms with E-state index in [1.54, 1.807) is 0 Å². The van der Waals surface area contributed by atoms with Gasteiger partial charge in [0.05, 0.1) is 6.54 Å². The van der Waals surface area contributed by atoms with Gasteiger partial charge in [0, 0.05) is 4.47 Å². The first kappa shape index (κ1) is 10.0. The number of oxazole rings is 1. The molecule has 15 heavy (non-hydrogen) atoms. The van der Waals surface area contributed by atoms with Crippen molar-refractivity contribution in [3.05, 3.63) is 51.1 Å². The van der Waals surface area contributed by atoms with Gasteiger partial charge in [0.15, 0.2) is 6.26 Å². The lowest BCUT2D eigenvalue weighted by molar-refractivity contribution is 0.421. The lowest BCUT2D eigenvalue weighted by Crippen LogP contribution is -2.14. The average molecular weight is 270 g/mol. The smallest absolute Gasteiger partial charge is 0.422 e. The van der Waals surface area contributed by atoms with Crippen molar-refractivity contribution >= 4 is 15.9 Å². The Hall–Kier alpha value is -1.49. The van der Waals surface area contributed by atoms with E-state index in [0.29, 0.717) is 6.54 Å². The Morgan fingerprint density at radius 2 is 2.00 bits per heavy atom. The fourth-order valence-corrected chi connectivity index (χ4v) is 1.51. The summed E-state index contributed by atoms with van der Waals surface area (Å²) in [5, 5.41) is 9.31. The van der Waals surface area contributed by atoms with Crippen molar-refractivity contribution in [2.75, 3.05) is 0 Å². The molecular formula is C10H8BrNO3. The molecule has 1 aromatic carbocycles. The zero-order chi connectivity index (χ0) is 10.8. The molecule has 0 atom stereocenters. The Morgan fingerprint density at radius 3 is 2.53 bits per heavy atom. The first-order valence-corrected chi connectivity index (χ1v) is 5.08. The van der Waals surface area contributed by atoms with Crippen LogP contribution in [0, 0.1) is 0 Å². The van der Waals surface area contributed by atoms with Gasteiger partial charge in [0.25, 0.3) is 0 Å². The highest BCUT2D eigenvalue weighted by molar-refractivity contribution is 9.10. The summed E-state index contributed by atoms with van der Waals surface area (Å²) in [5.74, 6) is -0.724. The van der Waals surface area contributed by atoms with Gasteiger partial charge >= 0.3 is 5.76 Å². The topological polar surface area (TPSA) is 55.4 Å². The molecule has 2 rings (SSSR count). The second-order valence-corrected chi connectivity index (χ2v) is 3.99. The van der Waals surface area contributed by atoms with Crippen LogP contribution in [0.25, 0.3) is 0 Å². The third kappa shape index (κ3) is 2.12. The maximum absolute atomic E-state index is 11.1. The van der Waals surface area contributed by atoms with E-state index in [1.807, 2.05) is 24.3 Å². The summed E-state index contributed by atoms with van der Waals surface area (Å²) in [6, 6.07) is 7.47. The first-order valence-electron chi connectivity index (χ1n) is 4.28. The zero-order valence-electron chi connectivity index (χ0n) is 7.68. The first-order chi connectivity index (χ1) is 7.16. The van der Waals surface area contributed by atoms with Crippen molar-refractivity contribution in [2.24, 2.45) is 0 Å². The van der Waals surface area contributed by atoms with Gasteiger partial charge in [-0.05, 0) is 17.7 Å². The van der Waals surface area contributed by atoms with Crippen molar-refractivity contribution in [3.8, 4) is 5.88 Å². The van der Waals surface area contributed by atoms with Crippen LogP contribution < -0.4 is 5.76 Å². The van der Waals surface area contributed by atoms with Gasteiger partial charge in [0.2, 0.25) is 5.88 Å². The Morgan fingerprint density at radius 1 is 1.33 bits per heavy atom. The molecule has 5 heteroatoms. The average Bonchev–Trinajstić information content (AvgIpc) is 2.53. The Labute approximate surface area is 93.9 Å². The SMILES string of the molecule is O=c1occ(O)n1Cc1ccc(Br)cc1. The highest BCUT2D eigenvalue weighted by Crippen LogP contribution is 2.13. The third-order valence-corrected chi connectivity index (χ3v) is 2.54. The van der Waals surface area contributed by atoms with E-state index in [9.17, 15) is 9.90 Å². The van der Waals surface area contributed by atoms with Gasteiger partial charge < -0.3 is 9.52 Å². The summed E-state index contributed by atoms with van der Waals surface area (Å²) in [4.78, 5) is 11.1. The fraction of sp³-hybridized carbons (Fsp3) is 0.100. The molecule has 0 amide bonds. The molecule has 0 spiro atoms. The molecule has 0 aliphatic rings. The number of benzene rings is 1. The van der Waals surface area contributed by atoms with Crippen LogP contribution in [0.1, 0.15) is 5.56 Å². The number of halogens is 1. The molecule has 0 saturated carbocycles. The molecule has 0 unspecified atom stereocenters. The van der Waals surface area contributed by atoms with Crippen LogP contribution in [0.4, 0.5) is 0 Å². The van der Waals surface area contributed by atoms with Crippen LogP contribution in [0.3, 0.4) is 0 Å². The lowest BCUT2D eigenvalue weighted by Gasteiger charge is -2.01. The summed E-state index contributed by atoms with van der Waals surface area (Å²) >= 11 is 3.32. The molecular weight excluding hydrogens is 262 g/mol. The fourth-order valence-electron chi connectivity index (χ4n) is 1.24. The highest BCUT2D eigenvalue weighted by Gasteiger charge is 2.06. The van der Waals surface area contributed by atoms with Crippen molar-refractivity contribution in [2.45, 2.75) is 6.54 Å². The largest absolute Gasteiger partial charge is 0.492 e. The molecule has 78 valence electrons. The normalized spacial score (nSPS) is 10.5. The van der Waals surface area contributed by atoms with Crippen LogP contribution in [0.2, 0.25) is 0 Å². The summed E-state index contributed by atoms with van der Waals surface area (Å²) in [5.41, 5.74) is 0.914. The van der Waals surface area contributed by atoms with E-state index in [0.717, 1.165) is 20.9 Å². The molecule has 0 aliphatic carbocycles. The van der Waals surface area contributed by atoms with E-state index >= 15 is 0 Å². The van der Waals surface area contributed by atoms with Crippen LogP contribution >= 0.6 is 15.9 Å². The summed E-state index contributed by atoms with van der Waals surface area (Å²) in [6.45, 7) is 0.300. The number of hydrogen-bond donors (Lipinski definition) is 1. The Bertz CT molecular complexity index is 512. The molecule has 0 saturated heterocycles. The molecule has 1 N–H and O–H groups in total. The van der Waals surface area contributed by atoms with Crippen LogP contribution in [-0.4, -0.2) is 9.67 Å². The van der Waals surface area contributed by atoms with Crippen molar-refractivity contribution in [1.29, 1.82) is 0 Å². The molecule has 4 nitrogen and oxygen atoms in total. The van der Waals surface area contributed by atoms with E-state index < -0.39 is 5.76 Å². The summed E-state index contributed by atoms with van der Waals surface area (Å²) in [6.07, 6.45) is 1.03. The number of aromatic hydroxyl groups is 1. The van der Waals surface area contributed by atoms with Crippen LogP contribution in [0.15, 0.2) is 44.2 Å². The van der Waals surface area contributed by atoms with Crippen molar-refractivity contribution in [3.63, 3.8) is 0 Å². The van der Waals surface area contributed by atoms with Gasteiger partial charge in [-0.2, -0.15) is 0 Å². The monoisotopic (exact) mass is 269 g/mol. The predicted molar refractivity (Wildman–Crippen MR) is 57.9 cm³/mol. The molecule has 0 bridgehead atoms. The summed E-state index contributed by atoms with van der Waals surface area (Å²) < 4.78 is 6.66. The number of nitrogens with zero attached hydrogens (tertiary/aromatic N) is 1. The molecule has 1 aromatic heterocycles. The molecule has 0 radical (unpaired) electrons. The standard InChI is InChI=1S/C10H8BrNO3/c11-8-3-1-7(2-4-8)5-12-9(13)6-15-10(12)14/h1-4,6,13H,5H2.